The first kappa shape index (κ1) is 14.3. The molecule has 1 unspecified atom stereocenters. The topological polar surface area (TPSA) is 67.8 Å². The van der Waals surface area contributed by atoms with Crippen LogP contribution in [0.1, 0.15) is 13.8 Å². The van der Waals surface area contributed by atoms with E-state index in [0.29, 0.717) is 18.0 Å². The van der Waals surface area contributed by atoms with Crippen molar-refractivity contribution < 1.29 is 19.4 Å². The van der Waals surface area contributed by atoms with E-state index >= 15 is 0 Å². The minimum Gasteiger partial charge on any atom is -0.493 e. The molecule has 5 heteroatoms. The molecule has 0 amide bonds. The third-order valence-corrected chi connectivity index (χ3v) is 2.62. The molecule has 1 atom stereocenters. The fourth-order valence-corrected chi connectivity index (χ4v) is 1.54. The summed E-state index contributed by atoms with van der Waals surface area (Å²) in [4.78, 5) is 11.2. The number of nitrogens with one attached hydrogen (secondary N) is 1. The first-order chi connectivity index (χ1) is 8.53. The largest absolute Gasteiger partial charge is 0.493 e. The maximum Gasteiger partial charge on any atom is 0.327 e. The minimum atomic E-state index is -1.12. The van der Waals surface area contributed by atoms with Crippen LogP contribution >= 0.6 is 0 Å². The zero-order valence-electron chi connectivity index (χ0n) is 10.9. The Balaban J connectivity index is 2.76. The van der Waals surface area contributed by atoms with E-state index in [9.17, 15) is 9.90 Å². The van der Waals surface area contributed by atoms with Crippen LogP contribution < -0.4 is 14.8 Å². The zero-order valence-corrected chi connectivity index (χ0v) is 10.9. The summed E-state index contributed by atoms with van der Waals surface area (Å²) in [5.74, 6) is 0.173. The first-order valence-electron chi connectivity index (χ1n) is 5.77. The second-order valence-electron chi connectivity index (χ2n) is 4.11. The lowest BCUT2D eigenvalue weighted by Crippen LogP contribution is -2.53. The fourth-order valence-electron chi connectivity index (χ4n) is 1.54. The molecule has 0 fully saturated rings. The summed E-state index contributed by atoms with van der Waals surface area (Å²) < 4.78 is 10.7. The fraction of sp³-hybridized carbons (Fsp3) is 0.462. The lowest BCUT2D eigenvalue weighted by Gasteiger charge is -2.26. The van der Waals surface area contributed by atoms with Crippen LogP contribution in [-0.4, -0.2) is 36.9 Å². The van der Waals surface area contributed by atoms with E-state index in [4.69, 9.17) is 9.47 Å². The van der Waals surface area contributed by atoms with Crippen molar-refractivity contribution in [2.75, 3.05) is 20.3 Å². The van der Waals surface area contributed by atoms with Crippen molar-refractivity contribution in [1.29, 1.82) is 0 Å². The Morgan fingerprint density at radius 2 is 2.00 bits per heavy atom. The van der Waals surface area contributed by atoms with Crippen LogP contribution in [0, 0.1) is 0 Å². The third kappa shape index (κ3) is 3.37. The lowest BCUT2D eigenvalue weighted by molar-refractivity contribution is -0.145. The minimum absolute atomic E-state index is 0.0244. The van der Waals surface area contributed by atoms with E-state index in [1.165, 1.54) is 0 Å². The predicted molar refractivity (Wildman–Crippen MR) is 68.2 cm³/mol. The summed E-state index contributed by atoms with van der Waals surface area (Å²) in [6.45, 7) is 4.02. The second-order valence-corrected chi connectivity index (χ2v) is 4.11. The SMILES string of the molecule is CCNC(C)(COc1ccccc1OC)C(=O)O. The maximum atomic E-state index is 11.2. The molecule has 0 saturated carbocycles. The molecule has 0 bridgehead atoms. The highest BCUT2D eigenvalue weighted by Crippen LogP contribution is 2.26. The molecule has 0 saturated heterocycles. The van der Waals surface area contributed by atoms with Crippen molar-refractivity contribution in [2.45, 2.75) is 19.4 Å². The molecule has 1 aromatic carbocycles. The van der Waals surface area contributed by atoms with Gasteiger partial charge in [-0.05, 0) is 25.6 Å². The molecule has 0 aromatic heterocycles. The normalized spacial score (nSPS) is 13.7. The van der Waals surface area contributed by atoms with Gasteiger partial charge in [0, 0.05) is 0 Å². The van der Waals surface area contributed by atoms with Gasteiger partial charge in [-0.2, -0.15) is 0 Å². The Bertz CT molecular complexity index is 408. The Kier molecular flexibility index (Phi) is 4.97. The summed E-state index contributed by atoms with van der Waals surface area (Å²) in [6.07, 6.45) is 0. The van der Waals surface area contributed by atoms with Gasteiger partial charge < -0.3 is 14.6 Å². The van der Waals surface area contributed by atoms with Crippen molar-refractivity contribution in [2.24, 2.45) is 0 Å². The van der Waals surface area contributed by atoms with Gasteiger partial charge in [0.05, 0.1) is 7.11 Å². The van der Waals surface area contributed by atoms with Crippen LogP contribution in [0.25, 0.3) is 0 Å². The summed E-state index contributed by atoms with van der Waals surface area (Å²) >= 11 is 0. The smallest absolute Gasteiger partial charge is 0.327 e. The standard InChI is InChI=1S/C13H19NO4/c1-4-14-13(2,12(15)16)9-18-11-8-6-5-7-10(11)17-3/h5-8,14H,4,9H2,1-3H3,(H,15,16). The van der Waals surface area contributed by atoms with E-state index in [1.807, 2.05) is 19.1 Å². The molecule has 0 aliphatic carbocycles. The van der Waals surface area contributed by atoms with E-state index in [1.54, 1.807) is 26.2 Å². The number of carboxylic acid groups (broad SMARTS) is 1. The molecular formula is C13H19NO4. The van der Waals surface area contributed by atoms with Gasteiger partial charge in [0.2, 0.25) is 0 Å². The first-order valence-corrected chi connectivity index (χ1v) is 5.77. The number of ether oxygens (including phenoxy) is 2. The third-order valence-electron chi connectivity index (χ3n) is 2.62. The van der Waals surface area contributed by atoms with Gasteiger partial charge in [0.1, 0.15) is 12.1 Å². The van der Waals surface area contributed by atoms with Gasteiger partial charge in [-0.25, -0.2) is 0 Å². The molecule has 0 aliphatic heterocycles. The van der Waals surface area contributed by atoms with Gasteiger partial charge in [0.15, 0.2) is 11.5 Å². The molecule has 18 heavy (non-hydrogen) atoms. The number of hydrogen-bond acceptors (Lipinski definition) is 4. The number of para-hydroxylation sites is 2. The molecular weight excluding hydrogens is 234 g/mol. The molecule has 0 aliphatic rings. The number of likely N-dealkylation sites (N-methyl/N-ethyl adjacent to an activating group) is 1. The van der Waals surface area contributed by atoms with Gasteiger partial charge in [0.25, 0.3) is 0 Å². The second kappa shape index (κ2) is 6.26. The molecule has 0 spiro atoms. The summed E-state index contributed by atoms with van der Waals surface area (Å²) in [7, 11) is 1.54. The molecule has 5 nitrogen and oxygen atoms in total. The average Bonchev–Trinajstić information content (AvgIpc) is 2.37. The van der Waals surface area contributed by atoms with Crippen LogP contribution in [0.5, 0.6) is 11.5 Å². The van der Waals surface area contributed by atoms with Crippen molar-refractivity contribution in [1.82, 2.24) is 5.32 Å². The van der Waals surface area contributed by atoms with E-state index in [-0.39, 0.29) is 6.61 Å². The van der Waals surface area contributed by atoms with Gasteiger partial charge in [-0.15, -0.1) is 0 Å². The zero-order chi connectivity index (χ0) is 13.6. The van der Waals surface area contributed by atoms with Crippen molar-refractivity contribution in [3.05, 3.63) is 24.3 Å². The number of aliphatic carboxylic acids is 1. The number of benzene rings is 1. The maximum absolute atomic E-state index is 11.2. The highest BCUT2D eigenvalue weighted by molar-refractivity contribution is 5.78. The Labute approximate surface area is 107 Å². The monoisotopic (exact) mass is 253 g/mol. The molecule has 0 radical (unpaired) electrons. The average molecular weight is 253 g/mol. The summed E-state index contributed by atoms with van der Waals surface area (Å²) in [5.41, 5.74) is -1.12. The predicted octanol–water partition coefficient (Wildman–Crippen LogP) is 1.53. The van der Waals surface area contributed by atoms with E-state index in [0.717, 1.165) is 0 Å². The van der Waals surface area contributed by atoms with Crippen LogP contribution in [0.2, 0.25) is 0 Å². The highest BCUT2D eigenvalue weighted by Gasteiger charge is 2.33. The number of carbonyl (C=O) groups is 1. The molecule has 2 N–H and O–H groups in total. The quantitative estimate of drug-likeness (QED) is 0.771. The van der Waals surface area contributed by atoms with Gasteiger partial charge in [-0.1, -0.05) is 19.1 Å². The molecule has 1 rings (SSSR count). The van der Waals surface area contributed by atoms with Crippen molar-refractivity contribution in [3.63, 3.8) is 0 Å². The molecule has 1 aromatic rings. The number of rotatable bonds is 7. The Morgan fingerprint density at radius 3 is 2.50 bits per heavy atom. The van der Waals surface area contributed by atoms with Crippen LogP contribution in [0.15, 0.2) is 24.3 Å². The van der Waals surface area contributed by atoms with Crippen LogP contribution in [-0.2, 0) is 4.79 Å². The molecule has 100 valence electrons. The van der Waals surface area contributed by atoms with Crippen molar-refractivity contribution >= 4 is 5.97 Å². The number of methoxy groups -OCH3 is 1. The van der Waals surface area contributed by atoms with Crippen LogP contribution in [0.3, 0.4) is 0 Å². The number of hydrogen-bond donors (Lipinski definition) is 2. The van der Waals surface area contributed by atoms with Gasteiger partial charge >= 0.3 is 5.97 Å². The van der Waals surface area contributed by atoms with Gasteiger partial charge in [-0.3, -0.25) is 10.1 Å². The summed E-state index contributed by atoms with van der Waals surface area (Å²) in [5, 5.41) is 12.1. The van der Waals surface area contributed by atoms with E-state index in [2.05, 4.69) is 5.32 Å². The van der Waals surface area contributed by atoms with Crippen molar-refractivity contribution in [3.8, 4) is 11.5 Å². The Hall–Kier alpha value is -1.75. The highest BCUT2D eigenvalue weighted by atomic mass is 16.5. The van der Waals surface area contributed by atoms with E-state index < -0.39 is 11.5 Å². The lowest BCUT2D eigenvalue weighted by atomic mass is 10.0. The van der Waals surface area contributed by atoms with Crippen LogP contribution in [0.4, 0.5) is 0 Å². The number of carboxylic acids is 1. The molecule has 0 heterocycles. The summed E-state index contributed by atoms with van der Waals surface area (Å²) in [6, 6.07) is 7.14. The Morgan fingerprint density at radius 1 is 1.39 bits per heavy atom.